The summed E-state index contributed by atoms with van der Waals surface area (Å²) in [5.74, 6) is 1.73. The van der Waals surface area contributed by atoms with Crippen LogP contribution in [0.5, 0.6) is 5.75 Å². The number of aryl methyl sites for hydroxylation is 1. The number of rotatable bonds is 5. The van der Waals surface area contributed by atoms with Gasteiger partial charge in [0, 0.05) is 22.4 Å². The molecule has 20 heavy (non-hydrogen) atoms. The molecule has 2 rings (SSSR count). The van der Waals surface area contributed by atoms with E-state index < -0.39 is 0 Å². The number of ether oxygens (including phenoxy) is 1. The van der Waals surface area contributed by atoms with E-state index in [0.29, 0.717) is 0 Å². The third kappa shape index (κ3) is 3.97. The first-order chi connectivity index (χ1) is 9.58. The number of halogens is 1. The Morgan fingerprint density at radius 2 is 2.15 bits per heavy atom. The first-order valence-corrected chi connectivity index (χ1v) is 7.53. The van der Waals surface area contributed by atoms with Crippen LogP contribution in [0, 0.1) is 6.92 Å². The minimum Gasteiger partial charge on any atom is -0.491 e. The average Bonchev–Trinajstić information content (AvgIpc) is 2.42. The summed E-state index contributed by atoms with van der Waals surface area (Å²) >= 11 is 3.42. The predicted molar refractivity (Wildman–Crippen MR) is 86.8 cm³/mol. The molecule has 0 spiro atoms. The van der Waals surface area contributed by atoms with Crippen LogP contribution in [0.3, 0.4) is 0 Å². The minimum absolute atomic E-state index is 0.220. The van der Waals surface area contributed by atoms with E-state index in [0.717, 1.165) is 33.7 Å². The average molecular weight is 335 g/mol. The molecular formula is C16H19BrN2O. The standard InChI is InChI=1S/C16H19BrN2O/c1-4-12(3)20-15-7-5-6-14(9-15)19-16-11(2)8-13(17)10-18-16/h5-10,12H,4H2,1-3H3,(H,18,19). The maximum atomic E-state index is 5.82. The van der Waals surface area contributed by atoms with Gasteiger partial charge in [-0.15, -0.1) is 0 Å². The Balaban J connectivity index is 2.15. The van der Waals surface area contributed by atoms with E-state index in [1.807, 2.05) is 37.3 Å². The number of hydrogen-bond acceptors (Lipinski definition) is 3. The normalized spacial score (nSPS) is 12.0. The van der Waals surface area contributed by atoms with Gasteiger partial charge in [-0.1, -0.05) is 13.0 Å². The fraction of sp³-hybridized carbons (Fsp3) is 0.312. The van der Waals surface area contributed by atoms with Crippen molar-refractivity contribution in [3.05, 3.63) is 46.6 Å². The molecule has 1 aromatic carbocycles. The molecule has 2 aromatic rings. The van der Waals surface area contributed by atoms with Crippen molar-refractivity contribution in [3.8, 4) is 5.75 Å². The van der Waals surface area contributed by atoms with Gasteiger partial charge in [-0.25, -0.2) is 4.98 Å². The summed E-state index contributed by atoms with van der Waals surface area (Å²) in [7, 11) is 0. The summed E-state index contributed by atoms with van der Waals surface area (Å²) in [5, 5.41) is 3.32. The lowest BCUT2D eigenvalue weighted by atomic mass is 10.2. The Morgan fingerprint density at radius 1 is 1.35 bits per heavy atom. The lowest BCUT2D eigenvalue weighted by Crippen LogP contribution is -2.09. The van der Waals surface area contributed by atoms with Crippen molar-refractivity contribution in [2.24, 2.45) is 0 Å². The monoisotopic (exact) mass is 334 g/mol. The third-order valence-corrected chi connectivity index (χ3v) is 3.49. The van der Waals surface area contributed by atoms with Crippen LogP contribution in [-0.4, -0.2) is 11.1 Å². The van der Waals surface area contributed by atoms with Crippen LogP contribution in [0.4, 0.5) is 11.5 Å². The molecule has 1 atom stereocenters. The van der Waals surface area contributed by atoms with Crippen molar-refractivity contribution < 1.29 is 4.74 Å². The zero-order chi connectivity index (χ0) is 14.5. The summed E-state index contributed by atoms with van der Waals surface area (Å²) in [5.41, 5.74) is 2.07. The summed E-state index contributed by atoms with van der Waals surface area (Å²) < 4.78 is 6.80. The van der Waals surface area contributed by atoms with Gasteiger partial charge < -0.3 is 10.1 Å². The van der Waals surface area contributed by atoms with Crippen molar-refractivity contribution >= 4 is 27.4 Å². The second kappa shape index (κ2) is 6.75. The first-order valence-electron chi connectivity index (χ1n) is 6.74. The molecule has 106 valence electrons. The molecule has 0 bridgehead atoms. The largest absolute Gasteiger partial charge is 0.491 e. The zero-order valence-electron chi connectivity index (χ0n) is 12.0. The highest BCUT2D eigenvalue weighted by Gasteiger charge is 2.04. The predicted octanol–water partition coefficient (Wildman–Crippen LogP) is 5.07. The lowest BCUT2D eigenvalue weighted by molar-refractivity contribution is 0.217. The van der Waals surface area contributed by atoms with Crippen LogP contribution in [-0.2, 0) is 0 Å². The van der Waals surface area contributed by atoms with Gasteiger partial charge in [0.15, 0.2) is 0 Å². The number of benzene rings is 1. The van der Waals surface area contributed by atoms with Crippen molar-refractivity contribution in [3.63, 3.8) is 0 Å². The van der Waals surface area contributed by atoms with E-state index in [9.17, 15) is 0 Å². The Bertz CT molecular complexity index is 586. The van der Waals surface area contributed by atoms with Crippen molar-refractivity contribution in [1.29, 1.82) is 0 Å². The van der Waals surface area contributed by atoms with Crippen LogP contribution < -0.4 is 10.1 Å². The Morgan fingerprint density at radius 3 is 2.85 bits per heavy atom. The van der Waals surface area contributed by atoms with E-state index in [1.54, 1.807) is 6.20 Å². The van der Waals surface area contributed by atoms with Gasteiger partial charge in [-0.05, 0) is 60.0 Å². The van der Waals surface area contributed by atoms with Crippen molar-refractivity contribution in [2.75, 3.05) is 5.32 Å². The first kappa shape index (κ1) is 14.9. The Kier molecular flexibility index (Phi) is 5.01. The van der Waals surface area contributed by atoms with Crippen LogP contribution in [0.2, 0.25) is 0 Å². The summed E-state index contributed by atoms with van der Waals surface area (Å²) in [6.45, 7) is 6.21. The highest BCUT2D eigenvalue weighted by atomic mass is 79.9. The molecule has 0 radical (unpaired) electrons. The molecule has 0 aliphatic carbocycles. The fourth-order valence-electron chi connectivity index (χ4n) is 1.77. The van der Waals surface area contributed by atoms with Gasteiger partial charge in [-0.3, -0.25) is 0 Å². The summed E-state index contributed by atoms with van der Waals surface area (Å²) in [4.78, 5) is 4.38. The van der Waals surface area contributed by atoms with Crippen LogP contribution in [0.25, 0.3) is 0 Å². The molecule has 0 amide bonds. The maximum Gasteiger partial charge on any atom is 0.133 e. The molecular weight excluding hydrogens is 316 g/mol. The van der Waals surface area contributed by atoms with Gasteiger partial charge in [0.25, 0.3) is 0 Å². The topological polar surface area (TPSA) is 34.1 Å². The number of anilines is 2. The molecule has 4 heteroatoms. The third-order valence-electron chi connectivity index (χ3n) is 3.05. The number of nitrogens with zero attached hydrogens (tertiary/aromatic N) is 1. The second-order valence-electron chi connectivity index (χ2n) is 4.81. The quantitative estimate of drug-likeness (QED) is 0.828. The van der Waals surface area contributed by atoms with Crippen LogP contribution >= 0.6 is 15.9 Å². The molecule has 0 saturated heterocycles. The highest BCUT2D eigenvalue weighted by molar-refractivity contribution is 9.10. The van der Waals surface area contributed by atoms with Crippen molar-refractivity contribution in [1.82, 2.24) is 4.98 Å². The van der Waals surface area contributed by atoms with Crippen molar-refractivity contribution in [2.45, 2.75) is 33.3 Å². The number of nitrogens with one attached hydrogen (secondary N) is 1. The molecule has 1 heterocycles. The van der Waals surface area contributed by atoms with Gasteiger partial charge in [0.2, 0.25) is 0 Å². The van der Waals surface area contributed by atoms with Gasteiger partial charge in [-0.2, -0.15) is 0 Å². The second-order valence-corrected chi connectivity index (χ2v) is 5.72. The van der Waals surface area contributed by atoms with E-state index in [1.165, 1.54) is 0 Å². The fourth-order valence-corrected chi connectivity index (χ4v) is 2.22. The molecule has 1 N–H and O–H groups in total. The maximum absolute atomic E-state index is 5.82. The zero-order valence-corrected chi connectivity index (χ0v) is 13.6. The van der Waals surface area contributed by atoms with E-state index in [2.05, 4.69) is 40.1 Å². The van der Waals surface area contributed by atoms with Gasteiger partial charge in [0.05, 0.1) is 6.10 Å². The summed E-state index contributed by atoms with van der Waals surface area (Å²) in [6.07, 6.45) is 3.00. The van der Waals surface area contributed by atoms with Gasteiger partial charge in [0.1, 0.15) is 11.6 Å². The van der Waals surface area contributed by atoms with E-state index >= 15 is 0 Å². The molecule has 0 saturated carbocycles. The lowest BCUT2D eigenvalue weighted by Gasteiger charge is -2.14. The van der Waals surface area contributed by atoms with E-state index in [4.69, 9.17) is 4.74 Å². The van der Waals surface area contributed by atoms with E-state index in [-0.39, 0.29) is 6.10 Å². The molecule has 3 nitrogen and oxygen atoms in total. The smallest absolute Gasteiger partial charge is 0.133 e. The SMILES string of the molecule is CCC(C)Oc1cccc(Nc2ncc(Br)cc2C)c1. The number of pyridine rings is 1. The molecule has 0 aliphatic heterocycles. The summed E-state index contributed by atoms with van der Waals surface area (Å²) in [6, 6.07) is 9.99. The van der Waals surface area contributed by atoms with Crippen LogP contribution in [0.15, 0.2) is 41.0 Å². The number of hydrogen-bond donors (Lipinski definition) is 1. The molecule has 1 unspecified atom stereocenters. The Hall–Kier alpha value is -1.55. The van der Waals surface area contributed by atoms with Crippen LogP contribution in [0.1, 0.15) is 25.8 Å². The Labute approximate surface area is 128 Å². The minimum atomic E-state index is 0.220. The molecule has 0 fully saturated rings. The highest BCUT2D eigenvalue weighted by Crippen LogP contribution is 2.24. The number of aromatic nitrogens is 1. The molecule has 1 aromatic heterocycles. The van der Waals surface area contributed by atoms with Gasteiger partial charge >= 0.3 is 0 Å². The molecule has 0 aliphatic rings.